The molecule has 1 N–H and O–H groups in total. The van der Waals surface area contributed by atoms with Crippen LogP contribution in [-0.2, 0) is 0 Å². The highest BCUT2D eigenvalue weighted by atomic mass is 16.1. The van der Waals surface area contributed by atoms with Crippen LogP contribution in [0.3, 0.4) is 0 Å². The van der Waals surface area contributed by atoms with Gasteiger partial charge in [0.2, 0.25) is 0 Å². The second kappa shape index (κ2) is 4.14. The molecule has 3 heteroatoms. The fraction of sp³-hybridized carbons (Fsp3) is 0.400. The van der Waals surface area contributed by atoms with Gasteiger partial charge in [0.15, 0.2) is 5.78 Å². The van der Waals surface area contributed by atoms with Crippen LogP contribution in [0.1, 0.15) is 22.8 Å². The lowest BCUT2D eigenvalue weighted by molar-refractivity contribution is 0.0954. The molecule has 0 amide bonds. The normalized spacial score (nSPS) is 12.5. The van der Waals surface area contributed by atoms with Crippen molar-refractivity contribution in [2.24, 2.45) is 0 Å². The van der Waals surface area contributed by atoms with Crippen molar-refractivity contribution in [1.82, 2.24) is 10.3 Å². The summed E-state index contributed by atoms with van der Waals surface area (Å²) in [5.74, 6) is 0.0821. The first-order valence-corrected chi connectivity index (χ1v) is 4.28. The van der Waals surface area contributed by atoms with Crippen LogP contribution in [0.15, 0.2) is 18.5 Å². The highest BCUT2D eigenvalue weighted by Gasteiger charge is 2.12. The maximum absolute atomic E-state index is 11.6. The summed E-state index contributed by atoms with van der Waals surface area (Å²) in [6.45, 7) is 3.76. The molecule has 0 bridgehead atoms. The zero-order chi connectivity index (χ0) is 9.84. The maximum atomic E-state index is 11.6. The first-order valence-electron chi connectivity index (χ1n) is 4.28. The van der Waals surface area contributed by atoms with E-state index in [2.05, 4.69) is 10.3 Å². The lowest BCUT2D eigenvalue weighted by atomic mass is 10.1. The van der Waals surface area contributed by atoms with E-state index in [4.69, 9.17) is 0 Å². The van der Waals surface area contributed by atoms with E-state index in [1.807, 2.05) is 19.9 Å². The number of carbonyl (C=O) groups excluding carboxylic acids is 1. The van der Waals surface area contributed by atoms with Crippen molar-refractivity contribution in [3.05, 3.63) is 29.6 Å². The molecule has 13 heavy (non-hydrogen) atoms. The van der Waals surface area contributed by atoms with E-state index in [0.717, 1.165) is 5.56 Å². The Morgan fingerprint density at radius 2 is 2.23 bits per heavy atom. The zero-order valence-electron chi connectivity index (χ0n) is 8.16. The first kappa shape index (κ1) is 9.86. The van der Waals surface area contributed by atoms with Crippen molar-refractivity contribution in [3.8, 4) is 0 Å². The van der Waals surface area contributed by atoms with Gasteiger partial charge in [0.05, 0.1) is 6.04 Å². The lowest BCUT2D eigenvalue weighted by Gasteiger charge is -2.08. The molecule has 70 valence electrons. The van der Waals surface area contributed by atoms with Crippen LogP contribution in [0, 0.1) is 6.92 Å². The number of aromatic nitrogens is 1. The summed E-state index contributed by atoms with van der Waals surface area (Å²) in [5.41, 5.74) is 1.68. The molecule has 0 aromatic carbocycles. The molecule has 1 rings (SSSR count). The molecule has 0 aliphatic heterocycles. The lowest BCUT2D eigenvalue weighted by Crippen LogP contribution is -2.30. The number of Topliss-reactive ketones (excluding diaryl/α,β-unsaturated/α-hetero) is 1. The Balaban J connectivity index is 2.89. The molecule has 0 aliphatic carbocycles. The smallest absolute Gasteiger partial charge is 0.180 e. The molecule has 0 radical (unpaired) electrons. The number of hydrogen-bond donors (Lipinski definition) is 1. The van der Waals surface area contributed by atoms with Gasteiger partial charge in [-0.25, -0.2) is 0 Å². The predicted molar refractivity (Wildman–Crippen MR) is 51.8 cm³/mol. The van der Waals surface area contributed by atoms with Gasteiger partial charge in [-0.05, 0) is 32.5 Å². The monoisotopic (exact) mass is 178 g/mol. The minimum absolute atomic E-state index is 0.0821. The van der Waals surface area contributed by atoms with Gasteiger partial charge >= 0.3 is 0 Å². The van der Waals surface area contributed by atoms with Gasteiger partial charge in [-0.1, -0.05) is 0 Å². The van der Waals surface area contributed by atoms with Crippen molar-refractivity contribution in [2.45, 2.75) is 19.9 Å². The summed E-state index contributed by atoms with van der Waals surface area (Å²) in [6, 6.07) is 1.70. The molecule has 1 aromatic heterocycles. The Labute approximate surface area is 78.2 Å². The molecule has 1 heterocycles. The molecule has 1 aromatic rings. The van der Waals surface area contributed by atoms with Crippen LogP contribution in [0.25, 0.3) is 0 Å². The fourth-order valence-corrected chi connectivity index (χ4v) is 1.07. The van der Waals surface area contributed by atoms with Gasteiger partial charge in [-0.3, -0.25) is 9.78 Å². The maximum Gasteiger partial charge on any atom is 0.180 e. The summed E-state index contributed by atoms with van der Waals surface area (Å²) in [4.78, 5) is 15.6. The third kappa shape index (κ3) is 2.36. The predicted octanol–water partition coefficient (Wildman–Crippen LogP) is 1.18. The van der Waals surface area contributed by atoms with Crippen molar-refractivity contribution in [3.63, 3.8) is 0 Å². The Hall–Kier alpha value is -1.22. The number of carbonyl (C=O) groups is 1. The third-order valence-corrected chi connectivity index (χ3v) is 1.99. The summed E-state index contributed by atoms with van der Waals surface area (Å²) in [5, 5.41) is 2.91. The molecule has 0 saturated heterocycles. The summed E-state index contributed by atoms with van der Waals surface area (Å²) in [6.07, 6.45) is 3.34. The van der Waals surface area contributed by atoms with Crippen LogP contribution in [-0.4, -0.2) is 23.9 Å². The minimum Gasteiger partial charge on any atom is -0.310 e. The van der Waals surface area contributed by atoms with E-state index in [1.165, 1.54) is 0 Å². The number of nitrogens with zero attached hydrogens (tertiary/aromatic N) is 1. The second-order valence-electron chi connectivity index (χ2n) is 3.13. The van der Waals surface area contributed by atoms with Crippen LogP contribution in [0.4, 0.5) is 0 Å². The molecule has 0 spiro atoms. The standard InChI is InChI=1S/C10H14N2O/c1-7-4-9(6-12-5-7)10(13)8(2)11-3/h4-6,8,11H,1-3H3. The largest absolute Gasteiger partial charge is 0.310 e. The quantitative estimate of drug-likeness (QED) is 0.707. The molecule has 1 unspecified atom stereocenters. The molecule has 0 aliphatic rings. The van der Waals surface area contributed by atoms with Gasteiger partial charge in [0, 0.05) is 18.0 Å². The van der Waals surface area contributed by atoms with Gasteiger partial charge in [-0.2, -0.15) is 0 Å². The van der Waals surface area contributed by atoms with Crippen LogP contribution in [0.5, 0.6) is 0 Å². The van der Waals surface area contributed by atoms with Crippen LogP contribution >= 0.6 is 0 Å². The molecule has 0 fully saturated rings. The molecule has 3 nitrogen and oxygen atoms in total. The van der Waals surface area contributed by atoms with Crippen molar-refractivity contribution in [2.75, 3.05) is 7.05 Å². The molecular formula is C10H14N2O. The van der Waals surface area contributed by atoms with Gasteiger partial charge in [0.25, 0.3) is 0 Å². The third-order valence-electron chi connectivity index (χ3n) is 1.99. The molecular weight excluding hydrogens is 164 g/mol. The van der Waals surface area contributed by atoms with Crippen molar-refractivity contribution >= 4 is 5.78 Å². The summed E-state index contributed by atoms with van der Waals surface area (Å²) >= 11 is 0. The van der Waals surface area contributed by atoms with Crippen molar-refractivity contribution < 1.29 is 4.79 Å². The highest BCUT2D eigenvalue weighted by molar-refractivity contribution is 5.99. The van der Waals surface area contributed by atoms with Crippen LogP contribution in [0.2, 0.25) is 0 Å². The van der Waals surface area contributed by atoms with E-state index < -0.39 is 0 Å². The first-order chi connectivity index (χ1) is 6.15. The van der Waals surface area contributed by atoms with E-state index in [1.54, 1.807) is 19.4 Å². The summed E-state index contributed by atoms with van der Waals surface area (Å²) in [7, 11) is 1.77. The second-order valence-corrected chi connectivity index (χ2v) is 3.13. The number of hydrogen-bond acceptors (Lipinski definition) is 3. The Kier molecular flexibility index (Phi) is 3.14. The molecule has 1 atom stereocenters. The number of ketones is 1. The number of likely N-dealkylation sites (N-methyl/N-ethyl adjacent to an activating group) is 1. The van der Waals surface area contributed by atoms with E-state index in [0.29, 0.717) is 5.56 Å². The number of nitrogens with one attached hydrogen (secondary N) is 1. The Morgan fingerprint density at radius 1 is 1.54 bits per heavy atom. The van der Waals surface area contributed by atoms with Gasteiger partial charge in [0.1, 0.15) is 0 Å². The minimum atomic E-state index is -0.149. The average molecular weight is 178 g/mol. The van der Waals surface area contributed by atoms with E-state index in [9.17, 15) is 4.79 Å². The van der Waals surface area contributed by atoms with Gasteiger partial charge in [-0.15, -0.1) is 0 Å². The SMILES string of the molecule is CNC(C)C(=O)c1cncc(C)c1. The topological polar surface area (TPSA) is 42.0 Å². The van der Waals surface area contributed by atoms with E-state index >= 15 is 0 Å². The van der Waals surface area contributed by atoms with Gasteiger partial charge < -0.3 is 5.32 Å². The average Bonchev–Trinajstić information content (AvgIpc) is 2.15. The number of pyridine rings is 1. The highest BCUT2D eigenvalue weighted by Crippen LogP contribution is 2.04. The van der Waals surface area contributed by atoms with Crippen LogP contribution < -0.4 is 5.32 Å². The Bertz CT molecular complexity index is 310. The number of aryl methyl sites for hydroxylation is 1. The summed E-state index contributed by atoms with van der Waals surface area (Å²) < 4.78 is 0. The number of rotatable bonds is 3. The fourth-order valence-electron chi connectivity index (χ4n) is 1.07. The van der Waals surface area contributed by atoms with Crippen molar-refractivity contribution in [1.29, 1.82) is 0 Å². The van der Waals surface area contributed by atoms with E-state index in [-0.39, 0.29) is 11.8 Å². The zero-order valence-corrected chi connectivity index (χ0v) is 8.16. The molecule has 0 saturated carbocycles. The Morgan fingerprint density at radius 3 is 2.77 bits per heavy atom.